The molecule has 0 aliphatic heterocycles. The zero-order chi connectivity index (χ0) is 28.4. The molecule has 0 N–H and O–H groups in total. The number of rotatable bonds is 20. The molecule has 0 spiro atoms. The van der Waals surface area contributed by atoms with Crippen LogP contribution in [0.2, 0.25) is 0 Å². The Morgan fingerprint density at radius 2 is 0.800 bits per heavy atom. The zero-order valence-corrected chi connectivity index (χ0v) is 25.1. The second-order valence-corrected chi connectivity index (χ2v) is 10.5. The van der Waals surface area contributed by atoms with Crippen LogP contribution in [-0.4, -0.2) is 19.9 Å². The molecule has 0 saturated carbocycles. The van der Waals surface area contributed by atoms with Gasteiger partial charge in [-0.15, -0.1) is 0 Å². The molecule has 0 aliphatic carbocycles. The molecule has 2 aromatic rings. The normalized spacial score (nSPS) is 10.9. The summed E-state index contributed by atoms with van der Waals surface area (Å²) in [6.45, 7) is 4.53. The summed E-state index contributed by atoms with van der Waals surface area (Å²) >= 11 is 0. The van der Waals surface area contributed by atoms with Crippen LogP contribution in [0, 0.1) is 23.7 Å². The van der Waals surface area contributed by atoms with Crippen LogP contribution in [0.25, 0.3) is 12.2 Å². The molecular formula is C36H50N4. The van der Waals surface area contributed by atoms with Crippen LogP contribution in [0.5, 0.6) is 0 Å². The SMILES string of the molecule is CCCCCCCCCC/C=C/c1cnc(C#CC#Cc2ncc(/C=C/CCCCCCCCCC)cn2)nc1. The van der Waals surface area contributed by atoms with E-state index in [-0.39, 0.29) is 0 Å². The van der Waals surface area contributed by atoms with Gasteiger partial charge in [0.2, 0.25) is 11.6 Å². The summed E-state index contributed by atoms with van der Waals surface area (Å²) in [6, 6.07) is 0. The van der Waals surface area contributed by atoms with E-state index in [9.17, 15) is 0 Å². The van der Waals surface area contributed by atoms with Crippen molar-refractivity contribution in [1.82, 2.24) is 19.9 Å². The van der Waals surface area contributed by atoms with Crippen LogP contribution in [-0.2, 0) is 0 Å². The fraction of sp³-hybridized carbons (Fsp3) is 0.556. The molecular weight excluding hydrogens is 488 g/mol. The van der Waals surface area contributed by atoms with Crippen LogP contribution >= 0.6 is 0 Å². The molecule has 4 nitrogen and oxygen atoms in total. The Balaban J connectivity index is 1.62. The Morgan fingerprint density at radius 3 is 1.15 bits per heavy atom. The van der Waals surface area contributed by atoms with Gasteiger partial charge >= 0.3 is 0 Å². The first-order valence-corrected chi connectivity index (χ1v) is 15.8. The van der Waals surface area contributed by atoms with E-state index in [1.165, 1.54) is 103 Å². The van der Waals surface area contributed by atoms with Gasteiger partial charge in [0, 0.05) is 35.9 Å². The predicted octanol–water partition coefficient (Wildman–Crippen LogP) is 9.76. The average molecular weight is 539 g/mol. The molecule has 0 saturated heterocycles. The molecule has 0 bridgehead atoms. The van der Waals surface area contributed by atoms with Gasteiger partial charge in [-0.3, -0.25) is 0 Å². The van der Waals surface area contributed by atoms with E-state index >= 15 is 0 Å². The Bertz CT molecular complexity index is 987. The van der Waals surface area contributed by atoms with Crippen molar-refractivity contribution >= 4 is 12.2 Å². The van der Waals surface area contributed by atoms with Crippen LogP contribution in [0.1, 0.15) is 152 Å². The van der Waals surface area contributed by atoms with E-state index in [0.717, 1.165) is 24.0 Å². The lowest BCUT2D eigenvalue weighted by Gasteiger charge is -1.99. The number of hydrogen-bond acceptors (Lipinski definition) is 4. The first-order chi connectivity index (χ1) is 19.8. The smallest absolute Gasteiger partial charge is 0.205 e. The molecule has 2 aromatic heterocycles. The van der Waals surface area contributed by atoms with E-state index in [2.05, 4.69) is 81.8 Å². The monoisotopic (exact) mass is 538 g/mol. The molecule has 2 rings (SSSR count). The van der Waals surface area contributed by atoms with Crippen molar-refractivity contribution in [3.05, 3.63) is 59.7 Å². The highest BCUT2D eigenvalue weighted by Gasteiger charge is 1.94. The summed E-state index contributed by atoms with van der Waals surface area (Å²) in [5.74, 6) is 12.3. The highest BCUT2D eigenvalue weighted by molar-refractivity contribution is 5.48. The Labute approximate surface area is 244 Å². The van der Waals surface area contributed by atoms with E-state index < -0.39 is 0 Å². The quantitative estimate of drug-likeness (QED) is 0.124. The minimum Gasteiger partial charge on any atom is -0.229 e. The van der Waals surface area contributed by atoms with Crippen molar-refractivity contribution in [1.29, 1.82) is 0 Å². The first-order valence-electron chi connectivity index (χ1n) is 15.8. The number of unbranched alkanes of at least 4 members (excludes halogenated alkanes) is 16. The predicted molar refractivity (Wildman–Crippen MR) is 170 cm³/mol. The van der Waals surface area contributed by atoms with Gasteiger partial charge in [0.1, 0.15) is 0 Å². The van der Waals surface area contributed by atoms with E-state index in [1.54, 1.807) is 24.8 Å². The van der Waals surface area contributed by atoms with Crippen molar-refractivity contribution in [2.45, 2.75) is 129 Å². The lowest BCUT2D eigenvalue weighted by Crippen LogP contribution is -1.89. The lowest BCUT2D eigenvalue weighted by molar-refractivity contribution is 0.578. The van der Waals surface area contributed by atoms with Crippen molar-refractivity contribution < 1.29 is 0 Å². The van der Waals surface area contributed by atoms with Gasteiger partial charge in [-0.05, 0) is 49.4 Å². The fourth-order valence-corrected chi connectivity index (χ4v) is 4.38. The van der Waals surface area contributed by atoms with Gasteiger partial charge in [0.25, 0.3) is 0 Å². The molecule has 0 aliphatic rings. The maximum atomic E-state index is 4.32. The van der Waals surface area contributed by atoms with Gasteiger partial charge < -0.3 is 0 Å². The first kappa shape index (κ1) is 33.0. The van der Waals surface area contributed by atoms with Crippen molar-refractivity contribution in [3.63, 3.8) is 0 Å². The Kier molecular flexibility index (Phi) is 19.5. The largest absolute Gasteiger partial charge is 0.229 e. The van der Waals surface area contributed by atoms with E-state index in [4.69, 9.17) is 0 Å². The third-order valence-corrected chi connectivity index (χ3v) is 6.82. The van der Waals surface area contributed by atoms with Crippen LogP contribution in [0.4, 0.5) is 0 Å². The summed E-state index contributed by atoms with van der Waals surface area (Å²) in [4.78, 5) is 17.3. The van der Waals surface area contributed by atoms with Gasteiger partial charge in [-0.25, -0.2) is 19.9 Å². The van der Waals surface area contributed by atoms with Gasteiger partial charge in [0.15, 0.2) is 0 Å². The van der Waals surface area contributed by atoms with Crippen LogP contribution in [0.3, 0.4) is 0 Å². The second kappa shape index (κ2) is 23.6. The maximum absolute atomic E-state index is 4.32. The summed E-state index contributed by atoms with van der Waals surface area (Å²) in [7, 11) is 0. The topological polar surface area (TPSA) is 51.6 Å². The zero-order valence-electron chi connectivity index (χ0n) is 25.1. The second-order valence-electron chi connectivity index (χ2n) is 10.5. The number of hydrogen-bond donors (Lipinski definition) is 0. The van der Waals surface area contributed by atoms with Crippen LogP contribution < -0.4 is 0 Å². The third kappa shape index (κ3) is 17.4. The van der Waals surface area contributed by atoms with E-state index in [1.807, 2.05) is 0 Å². The molecule has 0 radical (unpaired) electrons. The lowest BCUT2D eigenvalue weighted by atomic mass is 10.1. The summed E-state index contributed by atoms with van der Waals surface area (Å²) in [5, 5.41) is 0. The molecule has 0 fully saturated rings. The minimum absolute atomic E-state index is 0.465. The average Bonchev–Trinajstić information content (AvgIpc) is 2.98. The number of nitrogens with zero attached hydrogens (tertiary/aromatic N) is 4. The number of aromatic nitrogens is 4. The van der Waals surface area contributed by atoms with Gasteiger partial charge in [0.05, 0.1) is 0 Å². The van der Waals surface area contributed by atoms with Crippen molar-refractivity contribution in [2.24, 2.45) is 0 Å². The highest BCUT2D eigenvalue weighted by Crippen LogP contribution is 2.11. The third-order valence-electron chi connectivity index (χ3n) is 6.82. The Morgan fingerprint density at radius 1 is 0.475 bits per heavy atom. The minimum atomic E-state index is 0.465. The van der Waals surface area contributed by atoms with Crippen molar-refractivity contribution in [2.75, 3.05) is 0 Å². The Hall–Kier alpha value is -3.24. The molecule has 0 atom stereocenters. The van der Waals surface area contributed by atoms with Crippen LogP contribution in [0.15, 0.2) is 36.9 Å². The van der Waals surface area contributed by atoms with Crippen molar-refractivity contribution in [3.8, 4) is 23.7 Å². The molecule has 214 valence electrons. The number of allylic oxidation sites excluding steroid dienone is 2. The molecule has 0 amide bonds. The molecule has 2 heterocycles. The molecule has 0 unspecified atom stereocenters. The van der Waals surface area contributed by atoms with Gasteiger partial charge in [-0.2, -0.15) is 0 Å². The maximum Gasteiger partial charge on any atom is 0.205 e. The highest BCUT2D eigenvalue weighted by atomic mass is 14.9. The molecule has 40 heavy (non-hydrogen) atoms. The summed E-state index contributed by atoms with van der Waals surface area (Å²) < 4.78 is 0. The molecule has 4 heteroatoms. The molecule has 0 aromatic carbocycles. The standard InChI is InChI=1S/C36H50N4/c1-3-5-7-9-11-13-15-17-19-21-25-33-29-37-35(38-30-33)27-23-24-28-36-39-31-34(32-40-36)26-22-20-18-16-14-12-10-8-6-4-2/h21-22,25-26,29-32H,3-20H2,1-2H3/b25-21+,26-22+. The van der Waals surface area contributed by atoms with Gasteiger partial charge in [-0.1, -0.05) is 128 Å². The summed E-state index contributed by atoms with van der Waals surface area (Å²) in [6.07, 6.45) is 39.6. The fourth-order valence-electron chi connectivity index (χ4n) is 4.38. The summed E-state index contributed by atoms with van der Waals surface area (Å²) in [5.41, 5.74) is 1.99. The van der Waals surface area contributed by atoms with E-state index in [0.29, 0.717) is 11.6 Å².